The Bertz CT molecular complexity index is 813. The number of aryl methyl sites for hydroxylation is 1. The number of aromatic nitrogens is 3. The Labute approximate surface area is 126 Å². The number of nitrogens with zero attached hydrogens (tertiary/aromatic N) is 3. The van der Waals surface area contributed by atoms with E-state index in [9.17, 15) is 8.78 Å². The molecule has 0 amide bonds. The average Bonchev–Trinajstić information content (AvgIpc) is 2.96. The molecule has 3 rings (SSSR count). The normalized spacial score (nSPS) is 10.9. The van der Waals surface area contributed by atoms with Crippen molar-refractivity contribution in [2.75, 3.05) is 5.73 Å². The van der Waals surface area contributed by atoms with Crippen LogP contribution in [0.3, 0.4) is 0 Å². The number of benzene rings is 1. The smallest absolute Gasteiger partial charge is 0.158 e. The zero-order valence-electron chi connectivity index (χ0n) is 11.9. The highest BCUT2D eigenvalue weighted by atomic mass is 19.1. The summed E-state index contributed by atoms with van der Waals surface area (Å²) < 4.78 is 30.1. The summed E-state index contributed by atoms with van der Waals surface area (Å²) >= 11 is 0. The van der Waals surface area contributed by atoms with E-state index in [0.717, 1.165) is 11.6 Å². The SMILES string of the molecule is CCn1cc(-c2ccncc2)c(-c2c(F)ccc(N)c2F)n1. The maximum Gasteiger partial charge on any atom is 0.158 e. The molecule has 2 heterocycles. The summed E-state index contributed by atoms with van der Waals surface area (Å²) in [4.78, 5) is 3.95. The molecular weight excluding hydrogens is 286 g/mol. The van der Waals surface area contributed by atoms with Gasteiger partial charge in [-0.25, -0.2) is 8.78 Å². The molecule has 22 heavy (non-hydrogen) atoms. The van der Waals surface area contributed by atoms with Crippen LogP contribution in [0.2, 0.25) is 0 Å². The van der Waals surface area contributed by atoms with Crippen LogP contribution in [-0.4, -0.2) is 14.8 Å². The Morgan fingerprint density at radius 1 is 1.14 bits per heavy atom. The van der Waals surface area contributed by atoms with Crippen molar-refractivity contribution in [2.45, 2.75) is 13.5 Å². The lowest BCUT2D eigenvalue weighted by molar-refractivity contribution is 0.589. The van der Waals surface area contributed by atoms with Gasteiger partial charge in [0.2, 0.25) is 0 Å². The molecule has 0 fully saturated rings. The molecule has 0 saturated heterocycles. The highest BCUT2D eigenvalue weighted by Crippen LogP contribution is 2.35. The number of rotatable bonds is 3. The van der Waals surface area contributed by atoms with Crippen molar-refractivity contribution < 1.29 is 8.78 Å². The molecule has 0 aliphatic heterocycles. The van der Waals surface area contributed by atoms with Crippen molar-refractivity contribution in [3.05, 3.63) is 54.5 Å². The van der Waals surface area contributed by atoms with Crippen LogP contribution in [0.25, 0.3) is 22.4 Å². The van der Waals surface area contributed by atoms with Crippen LogP contribution < -0.4 is 5.73 Å². The molecule has 0 unspecified atom stereocenters. The predicted octanol–water partition coefficient (Wildman–Crippen LogP) is 3.49. The van der Waals surface area contributed by atoms with Crippen molar-refractivity contribution in [3.8, 4) is 22.4 Å². The monoisotopic (exact) mass is 300 g/mol. The lowest BCUT2D eigenvalue weighted by atomic mass is 10.0. The lowest BCUT2D eigenvalue weighted by Gasteiger charge is -2.07. The molecule has 0 aliphatic carbocycles. The van der Waals surface area contributed by atoms with Crippen molar-refractivity contribution in [3.63, 3.8) is 0 Å². The quantitative estimate of drug-likeness (QED) is 0.753. The van der Waals surface area contributed by atoms with E-state index in [0.29, 0.717) is 12.1 Å². The Morgan fingerprint density at radius 2 is 1.86 bits per heavy atom. The van der Waals surface area contributed by atoms with E-state index in [2.05, 4.69) is 10.1 Å². The molecule has 1 aromatic carbocycles. The van der Waals surface area contributed by atoms with Crippen LogP contribution >= 0.6 is 0 Å². The topological polar surface area (TPSA) is 56.7 Å². The number of nitrogen functional groups attached to an aromatic ring is 1. The Kier molecular flexibility index (Phi) is 3.58. The third-order valence-corrected chi connectivity index (χ3v) is 3.43. The van der Waals surface area contributed by atoms with Gasteiger partial charge in [0.05, 0.1) is 11.3 Å². The summed E-state index contributed by atoms with van der Waals surface area (Å²) in [7, 11) is 0. The Morgan fingerprint density at radius 3 is 2.55 bits per heavy atom. The molecular formula is C16H14F2N4. The molecule has 2 N–H and O–H groups in total. The van der Waals surface area contributed by atoms with Crippen LogP contribution in [0.1, 0.15) is 6.92 Å². The average molecular weight is 300 g/mol. The first-order chi connectivity index (χ1) is 10.6. The van der Waals surface area contributed by atoms with Gasteiger partial charge in [-0.2, -0.15) is 5.10 Å². The highest BCUT2D eigenvalue weighted by molar-refractivity contribution is 5.82. The molecule has 0 atom stereocenters. The maximum atomic E-state index is 14.3. The fourth-order valence-electron chi connectivity index (χ4n) is 2.30. The second-order valence-electron chi connectivity index (χ2n) is 4.81. The largest absolute Gasteiger partial charge is 0.396 e. The maximum absolute atomic E-state index is 14.3. The van der Waals surface area contributed by atoms with Gasteiger partial charge in [0.1, 0.15) is 11.5 Å². The van der Waals surface area contributed by atoms with E-state index in [1.807, 2.05) is 6.92 Å². The Balaban J connectivity index is 2.28. The van der Waals surface area contributed by atoms with Gasteiger partial charge >= 0.3 is 0 Å². The van der Waals surface area contributed by atoms with E-state index < -0.39 is 11.6 Å². The lowest BCUT2D eigenvalue weighted by Crippen LogP contribution is -1.99. The summed E-state index contributed by atoms with van der Waals surface area (Å²) in [6, 6.07) is 5.89. The van der Waals surface area contributed by atoms with E-state index in [1.54, 1.807) is 35.4 Å². The van der Waals surface area contributed by atoms with Crippen LogP contribution in [-0.2, 0) is 6.54 Å². The number of hydrogen-bond donors (Lipinski definition) is 1. The second-order valence-corrected chi connectivity index (χ2v) is 4.81. The third-order valence-electron chi connectivity index (χ3n) is 3.43. The van der Waals surface area contributed by atoms with Crippen molar-refractivity contribution in [2.24, 2.45) is 0 Å². The van der Waals surface area contributed by atoms with Gasteiger partial charge < -0.3 is 5.73 Å². The van der Waals surface area contributed by atoms with E-state index >= 15 is 0 Å². The summed E-state index contributed by atoms with van der Waals surface area (Å²) in [6.45, 7) is 2.49. The van der Waals surface area contributed by atoms with E-state index in [-0.39, 0.29) is 16.9 Å². The standard InChI is InChI=1S/C16H14F2N4/c1-2-22-9-11(10-5-7-20-8-6-10)16(21-22)14-12(17)3-4-13(19)15(14)18/h3-9H,2,19H2,1H3. The van der Waals surface area contributed by atoms with Crippen molar-refractivity contribution in [1.82, 2.24) is 14.8 Å². The molecule has 6 heteroatoms. The number of pyridine rings is 1. The van der Waals surface area contributed by atoms with Crippen LogP contribution in [0, 0.1) is 11.6 Å². The third kappa shape index (κ3) is 2.32. The molecule has 112 valence electrons. The minimum atomic E-state index is -0.795. The van der Waals surface area contributed by atoms with Crippen LogP contribution in [0.15, 0.2) is 42.9 Å². The van der Waals surface area contributed by atoms with Crippen LogP contribution in [0.5, 0.6) is 0 Å². The summed E-state index contributed by atoms with van der Waals surface area (Å²) in [5.74, 6) is -1.49. The first-order valence-corrected chi connectivity index (χ1v) is 6.83. The van der Waals surface area contributed by atoms with Gasteiger partial charge in [0.15, 0.2) is 5.82 Å². The van der Waals surface area contributed by atoms with Crippen LogP contribution in [0.4, 0.5) is 14.5 Å². The van der Waals surface area contributed by atoms with Gasteiger partial charge in [-0.05, 0) is 36.8 Å². The molecule has 0 bridgehead atoms. The number of nitrogens with two attached hydrogens (primary N) is 1. The second kappa shape index (κ2) is 5.55. The molecule has 0 saturated carbocycles. The van der Waals surface area contributed by atoms with Gasteiger partial charge in [-0.3, -0.25) is 9.67 Å². The first-order valence-electron chi connectivity index (χ1n) is 6.83. The summed E-state index contributed by atoms with van der Waals surface area (Å²) in [5.41, 5.74) is 6.90. The molecule has 0 aliphatic rings. The van der Waals surface area contributed by atoms with Crippen molar-refractivity contribution >= 4 is 5.69 Å². The zero-order chi connectivity index (χ0) is 15.7. The fraction of sp³-hybridized carbons (Fsp3) is 0.125. The zero-order valence-corrected chi connectivity index (χ0v) is 11.9. The van der Waals surface area contributed by atoms with Gasteiger partial charge in [-0.15, -0.1) is 0 Å². The summed E-state index contributed by atoms with van der Waals surface area (Å²) in [5, 5.41) is 4.30. The number of halogens is 2. The molecule has 0 spiro atoms. The fourth-order valence-corrected chi connectivity index (χ4v) is 2.30. The van der Waals surface area contributed by atoms with Gasteiger partial charge in [0.25, 0.3) is 0 Å². The predicted molar refractivity (Wildman–Crippen MR) is 80.9 cm³/mol. The minimum absolute atomic E-state index is 0.108. The van der Waals surface area contributed by atoms with Crippen molar-refractivity contribution in [1.29, 1.82) is 0 Å². The van der Waals surface area contributed by atoms with E-state index in [1.165, 1.54) is 6.07 Å². The number of hydrogen-bond acceptors (Lipinski definition) is 3. The summed E-state index contributed by atoms with van der Waals surface area (Å²) in [6.07, 6.45) is 5.00. The van der Waals surface area contributed by atoms with E-state index in [4.69, 9.17) is 5.73 Å². The Hall–Kier alpha value is -2.76. The number of anilines is 1. The highest BCUT2D eigenvalue weighted by Gasteiger charge is 2.21. The van der Waals surface area contributed by atoms with Gasteiger partial charge in [0, 0.05) is 30.7 Å². The minimum Gasteiger partial charge on any atom is -0.396 e. The molecule has 0 radical (unpaired) electrons. The molecule has 2 aromatic heterocycles. The van der Waals surface area contributed by atoms with Gasteiger partial charge in [-0.1, -0.05) is 0 Å². The molecule has 4 nitrogen and oxygen atoms in total. The molecule has 3 aromatic rings. The first kappa shape index (κ1) is 14.2.